The lowest BCUT2D eigenvalue weighted by Crippen LogP contribution is -2.15. The van der Waals surface area contributed by atoms with Gasteiger partial charge >= 0.3 is 0 Å². The second-order valence-corrected chi connectivity index (χ2v) is 7.33. The lowest BCUT2D eigenvalue weighted by atomic mass is 10.3. The molecule has 6 heteroatoms. The van der Waals surface area contributed by atoms with Crippen molar-refractivity contribution in [2.75, 3.05) is 7.11 Å². The second kappa shape index (κ2) is 6.30. The van der Waals surface area contributed by atoms with Crippen LogP contribution >= 0.6 is 22.7 Å². The summed E-state index contributed by atoms with van der Waals surface area (Å²) >= 11 is 3.48. The van der Waals surface area contributed by atoms with Gasteiger partial charge in [0.25, 0.3) is 0 Å². The van der Waals surface area contributed by atoms with Gasteiger partial charge in [-0.25, -0.2) is 9.97 Å². The first-order valence-electron chi connectivity index (χ1n) is 6.85. The van der Waals surface area contributed by atoms with Crippen molar-refractivity contribution < 1.29 is 4.74 Å². The van der Waals surface area contributed by atoms with Crippen molar-refractivity contribution in [3.8, 4) is 0 Å². The monoisotopic (exact) mass is 309 g/mol. The van der Waals surface area contributed by atoms with Crippen molar-refractivity contribution >= 4 is 22.7 Å². The van der Waals surface area contributed by atoms with Crippen LogP contribution in [0.2, 0.25) is 0 Å². The van der Waals surface area contributed by atoms with Crippen LogP contribution in [0, 0.1) is 6.92 Å². The molecule has 0 spiro atoms. The minimum Gasteiger partial charge on any atom is -0.378 e. The summed E-state index contributed by atoms with van der Waals surface area (Å²) < 4.78 is 5.26. The topological polar surface area (TPSA) is 47.0 Å². The lowest BCUT2D eigenvalue weighted by Gasteiger charge is -2.02. The Balaban J connectivity index is 1.71. The van der Waals surface area contributed by atoms with Gasteiger partial charge in [-0.3, -0.25) is 0 Å². The van der Waals surface area contributed by atoms with Crippen molar-refractivity contribution in [2.45, 2.75) is 45.4 Å². The van der Waals surface area contributed by atoms with E-state index in [2.05, 4.69) is 15.7 Å². The molecular formula is C14H19N3OS2. The number of methoxy groups -OCH3 is 1. The van der Waals surface area contributed by atoms with E-state index in [9.17, 15) is 0 Å². The maximum absolute atomic E-state index is 5.26. The number of nitrogens with one attached hydrogen (secondary N) is 1. The van der Waals surface area contributed by atoms with Gasteiger partial charge in [0, 0.05) is 36.4 Å². The minimum absolute atomic E-state index is 0.592. The van der Waals surface area contributed by atoms with Crippen LogP contribution in [0.5, 0.6) is 0 Å². The third-order valence-corrected chi connectivity index (χ3v) is 5.15. The van der Waals surface area contributed by atoms with E-state index in [1.807, 2.05) is 6.92 Å². The van der Waals surface area contributed by atoms with Crippen molar-refractivity contribution in [3.63, 3.8) is 0 Å². The number of hydrogen-bond donors (Lipinski definition) is 1. The highest BCUT2D eigenvalue weighted by Gasteiger charge is 2.21. The van der Waals surface area contributed by atoms with Crippen molar-refractivity contribution in [2.24, 2.45) is 0 Å². The molecule has 1 saturated carbocycles. The molecule has 2 aromatic heterocycles. The Morgan fingerprint density at radius 1 is 1.40 bits per heavy atom. The Bertz CT molecular complexity index is 575. The van der Waals surface area contributed by atoms with Crippen molar-refractivity contribution in [3.05, 3.63) is 31.7 Å². The quantitative estimate of drug-likeness (QED) is 0.854. The highest BCUT2D eigenvalue weighted by molar-refractivity contribution is 7.11. The Hall–Kier alpha value is -0.820. The van der Waals surface area contributed by atoms with Crippen molar-refractivity contribution in [1.29, 1.82) is 0 Å². The molecule has 0 aliphatic heterocycles. The predicted octanol–water partition coefficient (Wildman–Crippen LogP) is 2.90. The van der Waals surface area contributed by atoms with E-state index in [0.717, 1.165) is 40.4 Å². The first-order valence-corrected chi connectivity index (χ1v) is 8.55. The molecule has 0 saturated heterocycles. The molecule has 0 aromatic carbocycles. The molecule has 0 atom stereocenters. The Labute approximate surface area is 127 Å². The molecule has 0 amide bonds. The molecule has 1 aliphatic carbocycles. The SMILES string of the molecule is COCc1nc(Cc2csc(C)n2)sc1CNC1CC1. The second-order valence-electron chi connectivity index (χ2n) is 5.10. The maximum Gasteiger partial charge on any atom is 0.0992 e. The van der Waals surface area contributed by atoms with Gasteiger partial charge in [0.15, 0.2) is 0 Å². The van der Waals surface area contributed by atoms with Crippen LogP contribution in [-0.4, -0.2) is 23.1 Å². The van der Waals surface area contributed by atoms with Gasteiger partial charge in [0.05, 0.1) is 28.0 Å². The smallest absolute Gasteiger partial charge is 0.0992 e. The average molecular weight is 309 g/mol. The summed E-state index contributed by atoms with van der Waals surface area (Å²) in [6, 6.07) is 0.720. The van der Waals surface area contributed by atoms with Crippen LogP contribution in [0.3, 0.4) is 0 Å². The van der Waals surface area contributed by atoms with E-state index in [4.69, 9.17) is 9.72 Å². The Morgan fingerprint density at radius 3 is 2.90 bits per heavy atom. The molecule has 108 valence electrons. The van der Waals surface area contributed by atoms with Gasteiger partial charge < -0.3 is 10.1 Å². The number of rotatable bonds is 7. The minimum atomic E-state index is 0.592. The largest absolute Gasteiger partial charge is 0.378 e. The van der Waals surface area contributed by atoms with Gasteiger partial charge in [0.1, 0.15) is 0 Å². The van der Waals surface area contributed by atoms with E-state index in [1.165, 1.54) is 17.7 Å². The number of aromatic nitrogens is 2. The van der Waals surface area contributed by atoms with Gasteiger partial charge in [-0.1, -0.05) is 0 Å². The molecule has 0 bridgehead atoms. The van der Waals surface area contributed by atoms with Gasteiger partial charge in [-0.05, 0) is 19.8 Å². The number of thiazole rings is 2. The summed E-state index contributed by atoms with van der Waals surface area (Å²) in [6.45, 7) is 3.54. The number of ether oxygens (including phenoxy) is 1. The molecule has 20 heavy (non-hydrogen) atoms. The molecular weight excluding hydrogens is 290 g/mol. The summed E-state index contributed by atoms with van der Waals surface area (Å²) in [5.41, 5.74) is 2.19. The summed E-state index contributed by atoms with van der Waals surface area (Å²) in [7, 11) is 1.72. The average Bonchev–Trinajstić information content (AvgIpc) is 3.05. The normalized spacial score (nSPS) is 14.9. The Kier molecular flexibility index (Phi) is 4.45. The lowest BCUT2D eigenvalue weighted by molar-refractivity contribution is 0.181. The molecule has 4 nitrogen and oxygen atoms in total. The Morgan fingerprint density at radius 2 is 2.25 bits per heavy atom. The number of hydrogen-bond acceptors (Lipinski definition) is 6. The maximum atomic E-state index is 5.26. The summed E-state index contributed by atoms with van der Waals surface area (Å²) in [5, 5.41) is 7.92. The molecule has 0 unspecified atom stereocenters. The third kappa shape index (κ3) is 3.63. The van der Waals surface area contributed by atoms with Crippen LogP contribution in [0.15, 0.2) is 5.38 Å². The summed E-state index contributed by atoms with van der Waals surface area (Å²) in [5.74, 6) is 0. The number of aryl methyl sites for hydroxylation is 1. The predicted molar refractivity (Wildman–Crippen MR) is 82.3 cm³/mol. The van der Waals surface area contributed by atoms with Crippen LogP contribution in [0.1, 0.15) is 39.1 Å². The van der Waals surface area contributed by atoms with Crippen LogP contribution in [0.25, 0.3) is 0 Å². The molecule has 0 radical (unpaired) electrons. The molecule has 3 rings (SSSR count). The molecule has 1 aliphatic rings. The fraction of sp³-hybridized carbons (Fsp3) is 0.571. The molecule has 1 N–H and O–H groups in total. The van der Waals surface area contributed by atoms with E-state index >= 15 is 0 Å². The van der Waals surface area contributed by atoms with Gasteiger partial charge in [-0.15, -0.1) is 22.7 Å². The first kappa shape index (κ1) is 14.1. The van der Waals surface area contributed by atoms with E-state index < -0.39 is 0 Å². The van der Waals surface area contributed by atoms with E-state index in [-0.39, 0.29) is 0 Å². The van der Waals surface area contributed by atoms with Gasteiger partial charge in [0.2, 0.25) is 0 Å². The molecule has 1 fully saturated rings. The zero-order valence-electron chi connectivity index (χ0n) is 11.8. The van der Waals surface area contributed by atoms with Gasteiger partial charge in [-0.2, -0.15) is 0 Å². The van der Waals surface area contributed by atoms with Crippen LogP contribution < -0.4 is 5.32 Å². The number of nitrogens with zero attached hydrogens (tertiary/aromatic N) is 2. The van der Waals surface area contributed by atoms with Crippen LogP contribution in [0.4, 0.5) is 0 Å². The standard InChI is InChI=1S/C14H19N3OS2/c1-9-16-11(8-19-9)5-14-17-12(7-18-2)13(20-14)6-15-10-3-4-10/h8,10,15H,3-7H2,1-2H3. The van der Waals surface area contributed by atoms with Crippen molar-refractivity contribution in [1.82, 2.24) is 15.3 Å². The third-order valence-electron chi connectivity index (χ3n) is 3.23. The summed E-state index contributed by atoms with van der Waals surface area (Å²) in [6.07, 6.45) is 3.45. The van der Waals surface area contributed by atoms with Crippen LogP contribution in [-0.2, 0) is 24.3 Å². The zero-order chi connectivity index (χ0) is 13.9. The first-order chi connectivity index (χ1) is 9.74. The van der Waals surface area contributed by atoms with E-state index in [1.54, 1.807) is 29.8 Å². The molecule has 2 aromatic rings. The molecule has 2 heterocycles. The fourth-order valence-electron chi connectivity index (χ4n) is 2.07. The zero-order valence-corrected chi connectivity index (χ0v) is 13.4. The highest BCUT2D eigenvalue weighted by atomic mass is 32.1. The highest BCUT2D eigenvalue weighted by Crippen LogP contribution is 2.25. The van der Waals surface area contributed by atoms with E-state index in [0.29, 0.717) is 6.61 Å². The fourth-order valence-corrected chi connectivity index (χ4v) is 3.72. The summed E-state index contributed by atoms with van der Waals surface area (Å²) in [4.78, 5) is 10.5.